The first kappa shape index (κ1) is 29.5. The molecule has 2 saturated heterocycles. The zero-order valence-corrected chi connectivity index (χ0v) is 25.3. The zero-order valence-electron chi connectivity index (χ0n) is 23.0. The van der Waals surface area contributed by atoms with Crippen molar-refractivity contribution in [2.24, 2.45) is 0 Å². The van der Waals surface area contributed by atoms with Gasteiger partial charge in [0.2, 0.25) is 0 Å². The number of carbonyl (C=O) groups excluding carboxylic acids is 1. The number of nitrogens with zero attached hydrogens (tertiary/aromatic N) is 6. The summed E-state index contributed by atoms with van der Waals surface area (Å²) in [6.45, 7) is 9.52. The van der Waals surface area contributed by atoms with Crippen molar-refractivity contribution in [2.45, 2.75) is 32.4 Å². The number of aromatic carboxylic acids is 1. The number of likely N-dealkylation sites (N-methyl/N-ethyl adjacent to an activating group) is 1. The first-order valence-electron chi connectivity index (χ1n) is 13.4. The number of amides is 1. The van der Waals surface area contributed by atoms with Crippen molar-refractivity contribution in [1.82, 2.24) is 30.2 Å². The van der Waals surface area contributed by atoms with Crippen LogP contribution in [0.15, 0.2) is 12.4 Å². The number of hydrogen-bond acceptors (Lipinski definition) is 10. The van der Waals surface area contributed by atoms with Gasteiger partial charge < -0.3 is 34.8 Å². The van der Waals surface area contributed by atoms with Gasteiger partial charge in [0.05, 0.1) is 34.6 Å². The molecular formula is C26H32Cl2N8O4S. The second-order valence-corrected chi connectivity index (χ2v) is 11.7. The average molecular weight is 624 g/mol. The number of halogens is 2. The van der Waals surface area contributed by atoms with Crippen LogP contribution >= 0.6 is 34.5 Å². The van der Waals surface area contributed by atoms with Crippen LogP contribution in [0, 0.1) is 6.92 Å². The number of piperidine rings is 1. The third kappa shape index (κ3) is 6.14. The fourth-order valence-corrected chi connectivity index (χ4v) is 6.49. The van der Waals surface area contributed by atoms with Crippen LogP contribution in [0.2, 0.25) is 10.0 Å². The maximum absolute atomic E-state index is 12.9. The van der Waals surface area contributed by atoms with Gasteiger partial charge in [0.1, 0.15) is 27.8 Å². The molecule has 2 fully saturated rings. The molecule has 3 aromatic rings. The summed E-state index contributed by atoms with van der Waals surface area (Å²) in [5.74, 6) is -0.682. The van der Waals surface area contributed by atoms with E-state index in [0.29, 0.717) is 41.1 Å². The zero-order chi connectivity index (χ0) is 29.3. The van der Waals surface area contributed by atoms with E-state index >= 15 is 0 Å². The summed E-state index contributed by atoms with van der Waals surface area (Å²) in [5.41, 5.74) is 1.51. The number of aromatic amines is 1. The Hall–Kier alpha value is -2.97. The normalized spacial score (nSPS) is 19.9. The van der Waals surface area contributed by atoms with Gasteiger partial charge in [-0.2, -0.15) is 0 Å². The molecule has 15 heteroatoms. The van der Waals surface area contributed by atoms with Crippen molar-refractivity contribution in [2.75, 3.05) is 62.7 Å². The summed E-state index contributed by atoms with van der Waals surface area (Å²) in [5, 5.41) is 14.0. The molecule has 0 spiro atoms. The van der Waals surface area contributed by atoms with E-state index in [1.807, 2.05) is 4.90 Å². The van der Waals surface area contributed by atoms with Crippen molar-refractivity contribution in [3.05, 3.63) is 38.7 Å². The molecular weight excluding hydrogens is 591 g/mol. The molecule has 5 heterocycles. The number of H-pyrrole nitrogens is 1. The lowest BCUT2D eigenvalue weighted by Crippen LogP contribution is -2.55. The first-order chi connectivity index (χ1) is 19.7. The monoisotopic (exact) mass is 622 g/mol. The highest BCUT2D eigenvalue weighted by Gasteiger charge is 2.34. The minimum absolute atomic E-state index is 0.0941. The van der Waals surface area contributed by atoms with E-state index in [1.54, 1.807) is 26.4 Å². The Kier molecular flexibility index (Phi) is 9.00. The number of carboxylic acids is 1. The summed E-state index contributed by atoms with van der Waals surface area (Å²) < 4.78 is 5.71. The third-order valence-corrected chi connectivity index (χ3v) is 9.62. The predicted octanol–water partition coefficient (Wildman–Crippen LogP) is 3.41. The number of nitrogens with one attached hydrogen (secondary N) is 2. The molecule has 0 bridgehead atoms. The van der Waals surface area contributed by atoms with Crippen LogP contribution in [0.3, 0.4) is 0 Å². The van der Waals surface area contributed by atoms with Gasteiger partial charge in [0, 0.05) is 52.1 Å². The molecule has 0 radical (unpaired) electrons. The molecule has 12 nitrogen and oxygen atoms in total. The van der Waals surface area contributed by atoms with E-state index in [4.69, 9.17) is 27.9 Å². The first-order valence-corrected chi connectivity index (χ1v) is 14.9. The summed E-state index contributed by atoms with van der Waals surface area (Å²) in [6.07, 6.45) is 3.45. The Labute approximate surface area is 251 Å². The Morgan fingerprint density at radius 1 is 1.15 bits per heavy atom. The maximum Gasteiger partial charge on any atom is 0.348 e. The number of methoxy groups -OCH3 is 1. The van der Waals surface area contributed by atoms with Crippen molar-refractivity contribution in [1.29, 1.82) is 0 Å². The number of rotatable bonds is 8. The Balaban J connectivity index is 1.29. The number of aryl methyl sites for hydroxylation is 1. The lowest BCUT2D eigenvalue weighted by Gasteiger charge is -2.37. The van der Waals surface area contributed by atoms with E-state index in [1.165, 1.54) is 0 Å². The fraction of sp³-hybridized carbons (Fsp3) is 0.500. The highest BCUT2D eigenvalue weighted by atomic mass is 35.5. The number of hydrogen-bond donors (Lipinski definition) is 3. The van der Waals surface area contributed by atoms with E-state index in [9.17, 15) is 14.7 Å². The summed E-state index contributed by atoms with van der Waals surface area (Å²) in [4.78, 5) is 48.4. The molecule has 5 rings (SSSR count). The largest absolute Gasteiger partial charge is 0.477 e. The molecule has 2 atom stereocenters. The topological polar surface area (TPSA) is 140 Å². The number of anilines is 2. The van der Waals surface area contributed by atoms with Gasteiger partial charge in [-0.25, -0.2) is 19.7 Å². The Morgan fingerprint density at radius 3 is 2.49 bits per heavy atom. The minimum atomic E-state index is -1.08. The minimum Gasteiger partial charge on any atom is -0.477 e. The van der Waals surface area contributed by atoms with Gasteiger partial charge in [-0.1, -0.05) is 41.5 Å². The molecule has 2 aliphatic rings. The van der Waals surface area contributed by atoms with Crippen molar-refractivity contribution in [3.8, 4) is 11.4 Å². The van der Waals surface area contributed by atoms with E-state index < -0.39 is 5.97 Å². The lowest BCUT2D eigenvalue weighted by atomic mass is 10.0. The van der Waals surface area contributed by atoms with Gasteiger partial charge in [-0.15, -0.1) is 0 Å². The number of carboxylic acid groups (broad SMARTS) is 1. The molecule has 3 N–H and O–H groups in total. The number of aromatic nitrogens is 4. The molecule has 220 valence electrons. The standard InChI is InChI=1S/C26H32Cl2N8O4S/c1-4-34-7-9-35(10-8-34)18-12-29-16(11-30-18)21-23(25(38)39)41-26(33-21)36-6-5-15(17(13-36)40-3)32-24(37)22-20(28)19(27)14(2)31-22/h11-12,15,17,31H,4-10,13H2,1-3H3,(H,32,37)(H,38,39)/t15-,17+/m1/s1. The van der Waals surface area contributed by atoms with E-state index in [2.05, 4.69) is 42.0 Å². The summed E-state index contributed by atoms with van der Waals surface area (Å²) in [7, 11) is 1.57. The molecule has 1 amide bonds. The number of thiazole rings is 1. The quantitative estimate of drug-likeness (QED) is 0.342. The molecule has 0 aromatic carbocycles. The van der Waals surface area contributed by atoms with Gasteiger partial charge in [0.25, 0.3) is 5.91 Å². The van der Waals surface area contributed by atoms with Crippen LogP contribution in [0.1, 0.15) is 39.2 Å². The second-order valence-electron chi connectivity index (χ2n) is 10.0. The molecule has 3 aromatic heterocycles. The maximum atomic E-state index is 12.9. The van der Waals surface area contributed by atoms with Crippen LogP contribution in [0.5, 0.6) is 0 Å². The summed E-state index contributed by atoms with van der Waals surface area (Å²) >= 11 is 13.4. The fourth-order valence-electron chi connectivity index (χ4n) is 5.13. The third-order valence-electron chi connectivity index (χ3n) is 7.56. The van der Waals surface area contributed by atoms with Crippen LogP contribution in [-0.2, 0) is 4.74 Å². The van der Waals surface area contributed by atoms with Crippen LogP contribution < -0.4 is 15.1 Å². The molecule has 0 saturated carbocycles. The van der Waals surface area contributed by atoms with E-state index in [-0.39, 0.29) is 39.3 Å². The molecule has 0 aliphatic carbocycles. The molecule has 2 aliphatic heterocycles. The molecule has 0 unspecified atom stereocenters. The lowest BCUT2D eigenvalue weighted by molar-refractivity contribution is 0.0540. The average Bonchev–Trinajstić information content (AvgIpc) is 3.55. The van der Waals surface area contributed by atoms with Crippen LogP contribution in [0.4, 0.5) is 10.9 Å². The van der Waals surface area contributed by atoms with Gasteiger partial charge in [-0.05, 0) is 19.9 Å². The predicted molar refractivity (Wildman–Crippen MR) is 159 cm³/mol. The number of ether oxygens (including phenoxy) is 1. The number of piperazine rings is 1. The Morgan fingerprint density at radius 2 is 1.90 bits per heavy atom. The van der Waals surface area contributed by atoms with Gasteiger partial charge in [-0.3, -0.25) is 4.79 Å². The van der Waals surface area contributed by atoms with Crippen molar-refractivity contribution in [3.63, 3.8) is 0 Å². The highest BCUT2D eigenvalue weighted by Crippen LogP contribution is 2.34. The SMILES string of the molecule is CCN1CCN(c2cnc(-c3nc(N4CC[C@@H](NC(=O)c5[nH]c(C)c(Cl)c5Cl)[C@@H](OC)C4)sc3C(=O)O)cn2)CC1. The highest BCUT2D eigenvalue weighted by molar-refractivity contribution is 7.17. The van der Waals surface area contributed by atoms with Crippen molar-refractivity contribution >= 4 is 57.4 Å². The van der Waals surface area contributed by atoms with Crippen LogP contribution in [0.25, 0.3) is 11.4 Å². The Bertz CT molecular complexity index is 1410. The van der Waals surface area contributed by atoms with Gasteiger partial charge >= 0.3 is 5.97 Å². The second kappa shape index (κ2) is 12.5. The van der Waals surface area contributed by atoms with Crippen molar-refractivity contribution < 1.29 is 19.4 Å². The molecule has 41 heavy (non-hydrogen) atoms. The van der Waals surface area contributed by atoms with Crippen LogP contribution in [-0.4, -0.2) is 107 Å². The van der Waals surface area contributed by atoms with E-state index in [0.717, 1.165) is 49.9 Å². The van der Waals surface area contributed by atoms with Gasteiger partial charge in [0.15, 0.2) is 5.13 Å². The number of carbonyl (C=O) groups is 2. The smallest absolute Gasteiger partial charge is 0.348 e. The summed E-state index contributed by atoms with van der Waals surface area (Å²) in [6, 6.07) is -0.293.